The molecule has 0 fully saturated rings. The van der Waals surface area contributed by atoms with Crippen LogP contribution in [0.25, 0.3) is 0 Å². The van der Waals surface area contributed by atoms with Gasteiger partial charge in [-0.3, -0.25) is 4.79 Å². The maximum Gasteiger partial charge on any atom is 0.350 e. The Bertz CT molecular complexity index is 857. The Hall–Kier alpha value is -2.71. The van der Waals surface area contributed by atoms with E-state index in [0.717, 1.165) is 5.69 Å². The molecule has 2 aromatic heterocycles. The highest BCUT2D eigenvalue weighted by Gasteiger charge is 2.16. The third kappa shape index (κ3) is 4.23. The van der Waals surface area contributed by atoms with Crippen LogP contribution < -0.4 is 10.1 Å². The largest absolute Gasteiger partial charge is 0.487 e. The van der Waals surface area contributed by atoms with Crippen LogP contribution in [0.4, 0.5) is 5.69 Å². The second-order valence-corrected chi connectivity index (χ2v) is 6.54. The molecule has 1 amide bonds. The first-order valence-electron chi connectivity index (χ1n) is 7.24. The number of carbonyl (C=O) groups excluding carboxylic acids is 2. The lowest BCUT2D eigenvalue weighted by Crippen LogP contribution is -2.13. The number of hydrogen-bond donors (Lipinski definition) is 1. The number of benzene rings is 1. The minimum atomic E-state index is -0.476. The maximum atomic E-state index is 12.3. The standard InChI is InChI=1S/C17H14N2O4S2/c1-22-17(21)15-14(6-7-25-15)19-16(20)11-2-4-13(5-3-11)23-8-12-9-24-10-18-12/h2-7,9-10H,8H2,1H3,(H,19,20). The van der Waals surface area contributed by atoms with Gasteiger partial charge in [-0.05, 0) is 35.7 Å². The van der Waals surface area contributed by atoms with E-state index in [0.29, 0.717) is 28.5 Å². The van der Waals surface area contributed by atoms with E-state index >= 15 is 0 Å². The molecule has 0 aliphatic rings. The zero-order valence-corrected chi connectivity index (χ0v) is 14.9. The Kier molecular flexibility index (Phi) is 5.42. The second kappa shape index (κ2) is 7.91. The third-order valence-electron chi connectivity index (χ3n) is 3.27. The van der Waals surface area contributed by atoms with Gasteiger partial charge in [-0.15, -0.1) is 22.7 Å². The SMILES string of the molecule is COC(=O)c1sccc1NC(=O)c1ccc(OCc2cscn2)cc1. The van der Waals surface area contributed by atoms with Crippen molar-refractivity contribution in [1.82, 2.24) is 4.98 Å². The molecule has 0 atom stereocenters. The van der Waals surface area contributed by atoms with Crippen LogP contribution in [0.1, 0.15) is 25.7 Å². The van der Waals surface area contributed by atoms with E-state index in [1.807, 2.05) is 5.38 Å². The fraction of sp³-hybridized carbons (Fsp3) is 0.118. The van der Waals surface area contributed by atoms with Gasteiger partial charge in [-0.1, -0.05) is 0 Å². The van der Waals surface area contributed by atoms with Gasteiger partial charge in [0.25, 0.3) is 5.91 Å². The van der Waals surface area contributed by atoms with Crippen molar-refractivity contribution in [2.24, 2.45) is 0 Å². The molecule has 2 heterocycles. The van der Waals surface area contributed by atoms with Crippen molar-refractivity contribution >= 4 is 40.2 Å². The molecule has 3 aromatic rings. The topological polar surface area (TPSA) is 77.5 Å². The fourth-order valence-corrected chi connectivity index (χ4v) is 3.33. The van der Waals surface area contributed by atoms with Crippen molar-refractivity contribution in [2.45, 2.75) is 6.61 Å². The van der Waals surface area contributed by atoms with Gasteiger partial charge in [-0.25, -0.2) is 9.78 Å². The lowest BCUT2D eigenvalue weighted by Gasteiger charge is -2.07. The average Bonchev–Trinajstić information content (AvgIpc) is 3.31. The molecular formula is C17H14N2O4S2. The number of carbonyl (C=O) groups is 2. The summed E-state index contributed by atoms with van der Waals surface area (Å²) in [6, 6.07) is 8.43. The highest BCUT2D eigenvalue weighted by molar-refractivity contribution is 7.12. The van der Waals surface area contributed by atoms with E-state index in [9.17, 15) is 9.59 Å². The molecule has 0 unspecified atom stereocenters. The van der Waals surface area contributed by atoms with E-state index in [1.54, 1.807) is 41.2 Å². The van der Waals surface area contributed by atoms with E-state index in [-0.39, 0.29) is 5.91 Å². The van der Waals surface area contributed by atoms with Gasteiger partial charge in [-0.2, -0.15) is 0 Å². The molecule has 0 radical (unpaired) electrons. The minimum Gasteiger partial charge on any atom is -0.487 e. The molecule has 0 aliphatic carbocycles. The van der Waals surface area contributed by atoms with Gasteiger partial charge in [0.05, 0.1) is 24.0 Å². The molecule has 128 valence electrons. The first-order chi connectivity index (χ1) is 12.2. The number of amides is 1. The van der Waals surface area contributed by atoms with Crippen molar-refractivity contribution < 1.29 is 19.1 Å². The number of anilines is 1. The number of thiazole rings is 1. The van der Waals surface area contributed by atoms with E-state index in [4.69, 9.17) is 9.47 Å². The molecule has 1 aromatic carbocycles. The second-order valence-electron chi connectivity index (χ2n) is 4.90. The van der Waals surface area contributed by atoms with Crippen molar-refractivity contribution in [2.75, 3.05) is 12.4 Å². The summed E-state index contributed by atoms with van der Waals surface area (Å²) in [6.45, 7) is 0.381. The van der Waals surface area contributed by atoms with Crippen molar-refractivity contribution in [3.8, 4) is 5.75 Å². The maximum absolute atomic E-state index is 12.3. The van der Waals surface area contributed by atoms with E-state index in [2.05, 4.69) is 10.3 Å². The molecular weight excluding hydrogens is 360 g/mol. The van der Waals surface area contributed by atoms with Gasteiger partial charge in [0.2, 0.25) is 0 Å². The van der Waals surface area contributed by atoms with Crippen molar-refractivity contribution in [1.29, 1.82) is 0 Å². The van der Waals surface area contributed by atoms with Gasteiger partial charge in [0.1, 0.15) is 17.2 Å². The smallest absolute Gasteiger partial charge is 0.350 e. The number of rotatable bonds is 6. The predicted octanol–water partition coefficient (Wildman–Crippen LogP) is 3.82. The van der Waals surface area contributed by atoms with Gasteiger partial charge in [0.15, 0.2) is 0 Å². The Morgan fingerprint density at radius 1 is 1.20 bits per heavy atom. The molecule has 3 rings (SSSR count). The number of esters is 1. The Morgan fingerprint density at radius 2 is 2.00 bits per heavy atom. The zero-order chi connectivity index (χ0) is 17.6. The number of hydrogen-bond acceptors (Lipinski definition) is 7. The molecule has 1 N–H and O–H groups in total. The molecule has 0 bridgehead atoms. The number of nitrogens with zero attached hydrogens (tertiary/aromatic N) is 1. The molecule has 25 heavy (non-hydrogen) atoms. The summed E-state index contributed by atoms with van der Waals surface area (Å²) in [4.78, 5) is 28.5. The monoisotopic (exact) mass is 374 g/mol. The molecule has 0 saturated heterocycles. The average molecular weight is 374 g/mol. The normalized spacial score (nSPS) is 10.3. The Labute approximate surface area is 152 Å². The minimum absolute atomic E-state index is 0.311. The van der Waals surface area contributed by atoms with Crippen molar-refractivity contribution in [3.63, 3.8) is 0 Å². The number of thiophene rings is 1. The summed E-state index contributed by atoms with van der Waals surface area (Å²) < 4.78 is 10.3. The number of aromatic nitrogens is 1. The third-order valence-corrected chi connectivity index (χ3v) is 4.80. The number of nitrogens with one attached hydrogen (secondary N) is 1. The van der Waals surface area contributed by atoms with Crippen LogP contribution in [0, 0.1) is 0 Å². The number of ether oxygens (including phenoxy) is 2. The molecule has 0 spiro atoms. The Balaban J connectivity index is 1.63. The summed E-state index contributed by atoms with van der Waals surface area (Å²) in [7, 11) is 1.30. The van der Waals surface area contributed by atoms with Crippen molar-refractivity contribution in [3.05, 3.63) is 62.7 Å². The van der Waals surface area contributed by atoms with Crippen LogP contribution in [-0.2, 0) is 11.3 Å². The van der Waals surface area contributed by atoms with Crippen LogP contribution in [0.15, 0.2) is 46.6 Å². The van der Waals surface area contributed by atoms with Crippen LogP contribution in [-0.4, -0.2) is 24.0 Å². The van der Waals surface area contributed by atoms with Gasteiger partial charge < -0.3 is 14.8 Å². The fourth-order valence-electron chi connectivity index (χ4n) is 2.02. The first-order valence-corrected chi connectivity index (χ1v) is 9.06. The summed E-state index contributed by atoms with van der Waals surface area (Å²) in [5.41, 5.74) is 3.51. The quantitative estimate of drug-likeness (QED) is 0.664. The molecule has 0 aliphatic heterocycles. The van der Waals surface area contributed by atoms with Gasteiger partial charge in [0, 0.05) is 10.9 Å². The Morgan fingerprint density at radius 3 is 2.68 bits per heavy atom. The van der Waals surface area contributed by atoms with Crippen LogP contribution in [0.2, 0.25) is 0 Å². The predicted molar refractivity (Wildman–Crippen MR) is 96.5 cm³/mol. The summed E-state index contributed by atoms with van der Waals surface area (Å²) in [5, 5.41) is 6.35. The summed E-state index contributed by atoms with van der Waals surface area (Å²) in [5.74, 6) is -0.138. The highest BCUT2D eigenvalue weighted by Crippen LogP contribution is 2.24. The molecule has 8 heteroatoms. The molecule has 6 nitrogen and oxygen atoms in total. The zero-order valence-electron chi connectivity index (χ0n) is 13.2. The van der Waals surface area contributed by atoms with Crippen LogP contribution in [0.5, 0.6) is 5.75 Å². The van der Waals surface area contributed by atoms with E-state index < -0.39 is 5.97 Å². The first kappa shape index (κ1) is 17.1. The summed E-state index contributed by atoms with van der Waals surface area (Å²) >= 11 is 2.72. The van der Waals surface area contributed by atoms with Gasteiger partial charge >= 0.3 is 5.97 Å². The lowest BCUT2D eigenvalue weighted by molar-refractivity contribution is 0.0607. The van der Waals surface area contributed by atoms with E-state index in [1.165, 1.54) is 29.8 Å². The van der Waals surface area contributed by atoms with Crippen LogP contribution in [0.3, 0.4) is 0 Å². The lowest BCUT2D eigenvalue weighted by atomic mass is 10.2. The number of methoxy groups -OCH3 is 1. The van der Waals surface area contributed by atoms with Crippen LogP contribution >= 0.6 is 22.7 Å². The molecule has 0 saturated carbocycles. The summed E-state index contributed by atoms with van der Waals surface area (Å²) in [6.07, 6.45) is 0. The highest BCUT2D eigenvalue weighted by atomic mass is 32.1.